The highest BCUT2D eigenvalue weighted by molar-refractivity contribution is 5.92. The number of amides is 1. The highest BCUT2D eigenvalue weighted by Gasteiger charge is 2.12. The van der Waals surface area contributed by atoms with Crippen LogP contribution >= 0.6 is 0 Å². The van der Waals surface area contributed by atoms with E-state index >= 15 is 0 Å². The number of rotatable bonds is 4. The third-order valence-corrected chi connectivity index (χ3v) is 3.57. The number of carbonyl (C=O) groups is 1. The molecule has 1 fully saturated rings. The van der Waals surface area contributed by atoms with Gasteiger partial charge in [-0.25, -0.2) is 4.98 Å². The molecule has 22 heavy (non-hydrogen) atoms. The van der Waals surface area contributed by atoms with Crippen LogP contribution in [-0.4, -0.2) is 37.2 Å². The first-order valence-electron chi connectivity index (χ1n) is 7.44. The van der Waals surface area contributed by atoms with E-state index < -0.39 is 0 Å². The Balaban J connectivity index is 1.57. The molecule has 5 nitrogen and oxygen atoms in total. The number of anilines is 2. The third-order valence-electron chi connectivity index (χ3n) is 3.57. The molecular formula is C17H19N3O2. The second kappa shape index (κ2) is 7.04. The van der Waals surface area contributed by atoms with Crippen LogP contribution in [0.2, 0.25) is 0 Å². The molecule has 0 unspecified atom stereocenters. The van der Waals surface area contributed by atoms with Gasteiger partial charge in [-0.1, -0.05) is 30.3 Å². The zero-order valence-corrected chi connectivity index (χ0v) is 12.4. The van der Waals surface area contributed by atoms with Crippen molar-refractivity contribution in [3.8, 4) is 0 Å². The maximum absolute atomic E-state index is 12.0. The Morgan fingerprint density at radius 1 is 1.14 bits per heavy atom. The average molecular weight is 297 g/mol. The second-order valence-corrected chi connectivity index (χ2v) is 5.22. The molecule has 0 aliphatic carbocycles. The number of carbonyl (C=O) groups excluding carboxylic acids is 1. The minimum atomic E-state index is -0.0351. The lowest BCUT2D eigenvalue weighted by atomic mass is 10.1. The number of morpholine rings is 1. The first-order valence-corrected chi connectivity index (χ1v) is 7.44. The molecule has 0 saturated carbocycles. The number of hydrogen-bond acceptors (Lipinski definition) is 4. The van der Waals surface area contributed by atoms with E-state index in [1.54, 1.807) is 6.20 Å². The van der Waals surface area contributed by atoms with Gasteiger partial charge in [-0.15, -0.1) is 0 Å². The number of aromatic nitrogens is 1. The molecule has 1 aromatic carbocycles. The summed E-state index contributed by atoms with van der Waals surface area (Å²) in [5, 5.41) is 2.88. The SMILES string of the molecule is O=C(Cc1ccccc1)Nc1ccc(N2CCOCC2)nc1. The lowest BCUT2D eigenvalue weighted by Gasteiger charge is -2.27. The molecule has 2 heterocycles. The largest absolute Gasteiger partial charge is 0.378 e. The smallest absolute Gasteiger partial charge is 0.228 e. The lowest BCUT2D eigenvalue weighted by Crippen LogP contribution is -2.36. The average Bonchev–Trinajstić information content (AvgIpc) is 2.57. The fourth-order valence-corrected chi connectivity index (χ4v) is 2.43. The van der Waals surface area contributed by atoms with Crippen molar-refractivity contribution in [3.05, 3.63) is 54.2 Å². The maximum Gasteiger partial charge on any atom is 0.228 e. The van der Waals surface area contributed by atoms with Crippen LogP contribution in [0.4, 0.5) is 11.5 Å². The molecule has 0 spiro atoms. The van der Waals surface area contributed by atoms with Crippen LogP contribution in [0.5, 0.6) is 0 Å². The number of ether oxygens (including phenoxy) is 1. The summed E-state index contributed by atoms with van der Waals surface area (Å²) in [5.41, 5.74) is 1.72. The van der Waals surface area contributed by atoms with Gasteiger partial charge in [0.2, 0.25) is 5.91 Å². The van der Waals surface area contributed by atoms with Gasteiger partial charge >= 0.3 is 0 Å². The van der Waals surface area contributed by atoms with E-state index in [9.17, 15) is 4.79 Å². The van der Waals surface area contributed by atoms with Crippen LogP contribution in [0.25, 0.3) is 0 Å². The zero-order chi connectivity index (χ0) is 15.2. The minimum Gasteiger partial charge on any atom is -0.378 e. The molecule has 114 valence electrons. The Morgan fingerprint density at radius 3 is 2.59 bits per heavy atom. The topological polar surface area (TPSA) is 54.5 Å². The molecule has 0 bridgehead atoms. The summed E-state index contributed by atoms with van der Waals surface area (Å²) in [6.45, 7) is 3.17. The molecule has 2 aromatic rings. The van der Waals surface area contributed by atoms with Gasteiger partial charge in [-0.05, 0) is 17.7 Å². The number of pyridine rings is 1. The van der Waals surface area contributed by atoms with Crippen molar-refractivity contribution in [2.75, 3.05) is 36.5 Å². The molecule has 1 aromatic heterocycles. The van der Waals surface area contributed by atoms with Gasteiger partial charge in [0.15, 0.2) is 0 Å². The van der Waals surface area contributed by atoms with Crippen molar-refractivity contribution in [1.29, 1.82) is 0 Å². The van der Waals surface area contributed by atoms with E-state index in [1.807, 2.05) is 42.5 Å². The van der Waals surface area contributed by atoms with E-state index in [0.29, 0.717) is 6.42 Å². The Kier molecular flexibility index (Phi) is 4.65. The van der Waals surface area contributed by atoms with Gasteiger partial charge in [0.25, 0.3) is 0 Å². The van der Waals surface area contributed by atoms with Gasteiger partial charge in [0, 0.05) is 13.1 Å². The molecule has 1 aliphatic heterocycles. The third kappa shape index (κ3) is 3.83. The van der Waals surface area contributed by atoms with Crippen LogP contribution < -0.4 is 10.2 Å². The standard InChI is InChI=1S/C17H19N3O2/c21-17(12-14-4-2-1-3-5-14)19-15-6-7-16(18-13-15)20-8-10-22-11-9-20/h1-7,13H,8-12H2,(H,19,21). The summed E-state index contributed by atoms with van der Waals surface area (Å²) in [6, 6.07) is 13.5. The first-order chi connectivity index (χ1) is 10.8. The van der Waals surface area contributed by atoms with Gasteiger partial charge < -0.3 is 15.0 Å². The Labute approximate surface area is 129 Å². The number of nitrogens with zero attached hydrogens (tertiary/aromatic N) is 2. The summed E-state index contributed by atoms with van der Waals surface area (Å²) < 4.78 is 5.33. The summed E-state index contributed by atoms with van der Waals surface area (Å²) in [7, 11) is 0. The first kappa shape index (κ1) is 14.5. The molecule has 1 N–H and O–H groups in total. The summed E-state index contributed by atoms with van der Waals surface area (Å²) in [4.78, 5) is 18.6. The van der Waals surface area contributed by atoms with Crippen LogP contribution in [0, 0.1) is 0 Å². The summed E-state index contributed by atoms with van der Waals surface area (Å²) in [5.74, 6) is 0.886. The summed E-state index contributed by atoms with van der Waals surface area (Å²) >= 11 is 0. The maximum atomic E-state index is 12.0. The van der Waals surface area contributed by atoms with Crippen molar-refractivity contribution in [1.82, 2.24) is 4.98 Å². The Bertz CT molecular complexity index is 608. The molecule has 3 rings (SSSR count). The van der Waals surface area contributed by atoms with Crippen molar-refractivity contribution in [2.24, 2.45) is 0 Å². The molecular weight excluding hydrogens is 278 g/mol. The molecule has 1 amide bonds. The highest BCUT2D eigenvalue weighted by Crippen LogP contribution is 2.15. The van der Waals surface area contributed by atoms with Crippen LogP contribution in [0.15, 0.2) is 48.7 Å². The van der Waals surface area contributed by atoms with E-state index in [-0.39, 0.29) is 5.91 Å². The number of hydrogen-bond donors (Lipinski definition) is 1. The normalized spacial score (nSPS) is 14.6. The van der Waals surface area contributed by atoms with Gasteiger partial charge in [-0.3, -0.25) is 4.79 Å². The predicted molar refractivity (Wildman–Crippen MR) is 86.0 cm³/mol. The minimum absolute atomic E-state index is 0.0351. The monoisotopic (exact) mass is 297 g/mol. The van der Waals surface area contributed by atoms with Crippen LogP contribution in [0.1, 0.15) is 5.56 Å². The van der Waals surface area contributed by atoms with E-state index in [2.05, 4.69) is 15.2 Å². The van der Waals surface area contributed by atoms with Crippen molar-refractivity contribution >= 4 is 17.4 Å². The molecule has 5 heteroatoms. The molecule has 0 radical (unpaired) electrons. The van der Waals surface area contributed by atoms with Crippen LogP contribution in [-0.2, 0) is 16.0 Å². The van der Waals surface area contributed by atoms with Gasteiger partial charge in [0.1, 0.15) is 5.82 Å². The zero-order valence-electron chi connectivity index (χ0n) is 12.4. The van der Waals surface area contributed by atoms with Crippen molar-refractivity contribution < 1.29 is 9.53 Å². The van der Waals surface area contributed by atoms with Crippen LogP contribution in [0.3, 0.4) is 0 Å². The van der Waals surface area contributed by atoms with E-state index in [0.717, 1.165) is 43.4 Å². The highest BCUT2D eigenvalue weighted by atomic mass is 16.5. The predicted octanol–water partition coefficient (Wildman–Crippen LogP) is 2.10. The van der Waals surface area contributed by atoms with E-state index in [4.69, 9.17) is 4.74 Å². The van der Waals surface area contributed by atoms with Gasteiger partial charge in [0.05, 0.1) is 31.5 Å². The molecule has 0 atom stereocenters. The number of nitrogens with one attached hydrogen (secondary N) is 1. The Morgan fingerprint density at radius 2 is 1.91 bits per heavy atom. The molecule has 1 saturated heterocycles. The summed E-state index contributed by atoms with van der Waals surface area (Å²) in [6.07, 6.45) is 2.07. The quantitative estimate of drug-likeness (QED) is 0.939. The number of benzene rings is 1. The fourth-order valence-electron chi connectivity index (χ4n) is 2.43. The fraction of sp³-hybridized carbons (Fsp3) is 0.294. The molecule has 1 aliphatic rings. The Hall–Kier alpha value is -2.40. The van der Waals surface area contributed by atoms with Crippen molar-refractivity contribution in [2.45, 2.75) is 6.42 Å². The van der Waals surface area contributed by atoms with Crippen molar-refractivity contribution in [3.63, 3.8) is 0 Å². The van der Waals surface area contributed by atoms with Gasteiger partial charge in [-0.2, -0.15) is 0 Å². The lowest BCUT2D eigenvalue weighted by molar-refractivity contribution is -0.115. The van der Waals surface area contributed by atoms with E-state index in [1.165, 1.54) is 0 Å². The second-order valence-electron chi connectivity index (χ2n) is 5.22.